The highest BCUT2D eigenvalue weighted by Gasteiger charge is 2.28. The van der Waals surface area contributed by atoms with Crippen molar-refractivity contribution in [3.8, 4) is 16.8 Å². The van der Waals surface area contributed by atoms with E-state index in [1.54, 1.807) is 12.3 Å². The molecule has 53 heavy (non-hydrogen) atoms. The quantitative estimate of drug-likeness (QED) is 0.177. The lowest BCUT2D eigenvalue weighted by Gasteiger charge is -2.36. The number of pyridine rings is 2. The SMILES string of the molecule is CCCCc1ccc(C(=O)NC2CCC(n3c(=O)c4cc(F)cnc4n(-c4cccc(-c5ccc(CN6C[C@@H](C)N[C@@H](C)C6)cc5)c4)c3=O)CC2)nc1. The van der Waals surface area contributed by atoms with Crippen LogP contribution in [0, 0.1) is 5.82 Å². The van der Waals surface area contributed by atoms with Crippen molar-refractivity contribution in [3.05, 3.63) is 123 Å². The van der Waals surface area contributed by atoms with Gasteiger partial charge in [-0.15, -0.1) is 0 Å². The van der Waals surface area contributed by atoms with Crippen LogP contribution in [0.15, 0.2) is 88.7 Å². The third kappa shape index (κ3) is 8.16. The number of nitrogens with zero attached hydrogens (tertiary/aromatic N) is 5. The van der Waals surface area contributed by atoms with E-state index in [-0.39, 0.29) is 23.0 Å². The Kier molecular flexibility index (Phi) is 10.9. The molecule has 1 saturated heterocycles. The summed E-state index contributed by atoms with van der Waals surface area (Å²) in [6, 6.07) is 21.3. The number of hydrogen-bond acceptors (Lipinski definition) is 7. The molecule has 10 nitrogen and oxygen atoms in total. The van der Waals surface area contributed by atoms with E-state index < -0.39 is 23.1 Å². The van der Waals surface area contributed by atoms with E-state index in [2.05, 4.69) is 70.5 Å². The van der Waals surface area contributed by atoms with E-state index in [4.69, 9.17) is 0 Å². The monoisotopic (exact) mass is 717 g/mol. The molecule has 7 rings (SSSR count). The van der Waals surface area contributed by atoms with E-state index in [0.717, 1.165) is 67.9 Å². The smallest absolute Gasteiger partial charge is 0.337 e. The fourth-order valence-electron chi connectivity index (χ4n) is 8.02. The van der Waals surface area contributed by atoms with Gasteiger partial charge in [-0.2, -0.15) is 0 Å². The molecule has 2 fully saturated rings. The Morgan fingerprint density at radius 1 is 0.887 bits per heavy atom. The Morgan fingerprint density at radius 2 is 1.62 bits per heavy atom. The molecule has 2 aliphatic rings. The molecule has 2 aromatic carbocycles. The molecule has 2 atom stereocenters. The lowest BCUT2D eigenvalue weighted by Crippen LogP contribution is -2.53. The van der Waals surface area contributed by atoms with Gasteiger partial charge in [0, 0.05) is 50.0 Å². The lowest BCUT2D eigenvalue weighted by atomic mass is 9.90. The number of piperazine rings is 1. The van der Waals surface area contributed by atoms with Crippen LogP contribution in [0.2, 0.25) is 0 Å². The number of aryl methyl sites for hydroxylation is 1. The molecule has 2 N–H and O–H groups in total. The van der Waals surface area contributed by atoms with Crippen molar-refractivity contribution in [1.29, 1.82) is 0 Å². The molecule has 11 heteroatoms. The second-order valence-electron chi connectivity index (χ2n) is 14.9. The van der Waals surface area contributed by atoms with E-state index in [0.29, 0.717) is 49.1 Å². The second kappa shape index (κ2) is 15.9. The number of nitrogens with one attached hydrogen (secondary N) is 2. The summed E-state index contributed by atoms with van der Waals surface area (Å²) in [6.45, 7) is 9.45. The number of amides is 1. The minimum absolute atomic E-state index is 0.0415. The van der Waals surface area contributed by atoms with Gasteiger partial charge in [0.05, 0.1) is 17.3 Å². The number of carbonyl (C=O) groups is 1. The molecule has 1 amide bonds. The van der Waals surface area contributed by atoms with E-state index in [1.165, 1.54) is 14.7 Å². The van der Waals surface area contributed by atoms with Crippen LogP contribution in [0.4, 0.5) is 4.39 Å². The average molecular weight is 718 g/mol. The van der Waals surface area contributed by atoms with Crippen molar-refractivity contribution in [1.82, 2.24) is 34.6 Å². The van der Waals surface area contributed by atoms with Crippen LogP contribution in [0.1, 0.15) is 87.0 Å². The van der Waals surface area contributed by atoms with Crippen LogP contribution in [-0.4, -0.2) is 61.1 Å². The van der Waals surface area contributed by atoms with Gasteiger partial charge in [-0.3, -0.25) is 24.0 Å². The average Bonchev–Trinajstić information content (AvgIpc) is 3.15. The molecule has 0 spiro atoms. The Balaban J connectivity index is 1.11. The zero-order chi connectivity index (χ0) is 37.1. The number of benzene rings is 2. The molecule has 1 aliphatic carbocycles. The van der Waals surface area contributed by atoms with Crippen molar-refractivity contribution in [2.75, 3.05) is 13.1 Å². The topological polar surface area (TPSA) is 114 Å². The fourth-order valence-corrected chi connectivity index (χ4v) is 8.02. The lowest BCUT2D eigenvalue weighted by molar-refractivity contribution is 0.0917. The minimum atomic E-state index is -0.650. The summed E-state index contributed by atoms with van der Waals surface area (Å²) < 4.78 is 17.3. The van der Waals surface area contributed by atoms with Crippen LogP contribution >= 0.6 is 0 Å². The molecule has 3 aromatic heterocycles. The second-order valence-corrected chi connectivity index (χ2v) is 14.9. The van der Waals surface area contributed by atoms with Crippen LogP contribution < -0.4 is 21.9 Å². The maximum absolute atomic E-state index is 14.6. The summed E-state index contributed by atoms with van der Waals surface area (Å²) in [5, 5.41) is 6.71. The maximum atomic E-state index is 14.6. The van der Waals surface area contributed by atoms with E-state index in [1.807, 2.05) is 30.3 Å². The van der Waals surface area contributed by atoms with Crippen LogP contribution in [0.25, 0.3) is 27.8 Å². The summed E-state index contributed by atoms with van der Waals surface area (Å²) in [4.78, 5) is 52.3. The zero-order valence-corrected chi connectivity index (χ0v) is 30.7. The summed E-state index contributed by atoms with van der Waals surface area (Å²) >= 11 is 0. The fraction of sp³-hybridized carbons (Fsp3) is 0.405. The first-order valence-electron chi connectivity index (χ1n) is 18.9. The normalized spacial score (nSPS) is 20.8. The van der Waals surface area contributed by atoms with Gasteiger partial charge in [0.2, 0.25) is 0 Å². The molecule has 1 aliphatic heterocycles. The number of carbonyl (C=O) groups excluding carboxylic acids is 1. The highest BCUT2D eigenvalue weighted by atomic mass is 19.1. The first kappa shape index (κ1) is 36.4. The molecular formula is C42H48FN7O3. The molecular weight excluding hydrogens is 670 g/mol. The number of unbranched alkanes of at least 4 members (excludes halogenated alkanes) is 1. The first-order chi connectivity index (χ1) is 25.7. The third-order valence-corrected chi connectivity index (χ3v) is 10.6. The predicted octanol–water partition coefficient (Wildman–Crippen LogP) is 6.19. The zero-order valence-electron chi connectivity index (χ0n) is 30.7. The highest BCUT2D eigenvalue weighted by Crippen LogP contribution is 2.29. The highest BCUT2D eigenvalue weighted by molar-refractivity contribution is 5.92. The largest absolute Gasteiger partial charge is 0.348 e. The Labute approximate surface area is 309 Å². The van der Waals surface area contributed by atoms with Crippen molar-refractivity contribution in [2.24, 2.45) is 0 Å². The van der Waals surface area contributed by atoms with Gasteiger partial charge in [-0.1, -0.05) is 55.8 Å². The summed E-state index contributed by atoms with van der Waals surface area (Å²) in [6.07, 6.45) is 8.05. The maximum Gasteiger partial charge on any atom is 0.337 e. The summed E-state index contributed by atoms with van der Waals surface area (Å²) in [5.74, 6) is -0.885. The van der Waals surface area contributed by atoms with Gasteiger partial charge in [0.1, 0.15) is 11.5 Å². The number of rotatable bonds is 10. The Hall–Kier alpha value is -5.00. The molecule has 4 heterocycles. The van der Waals surface area contributed by atoms with Gasteiger partial charge in [-0.25, -0.2) is 18.7 Å². The van der Waals surface area contributed by atoms with Crippen molar-refractivity contribution in [2.45, 2.75) is 96.4 Å². The number of hydrogen-bond donors (Lipinski definition) is 2. The van der Waals surface area contributed by atoms with E-state index in [9.17, 15) is 18.8 Å². The van der Waals surface area contributed by atoms with Crippen LogP contribution in [0.3, 0.4) is 0 Å². The molecule has 276 valence electrons. The van der Waals surface area contributed by atoms with Gasteiger partial charge in [0.25, 0.3) is 11.5 Å². The van der Waals surface area contributed by atoms with Crippen molar-refractivity contribution >= 4 is 16.9 Å². The van der Waals surface area contributed by atoms with Gasteiger partial charge >= 0.3 is 5.69 Å². The van der Waals surface area contributed by atoms with Gasteiger partial charge in [0.15, 0.2) is 5.65 Å². The molecule has 1 saturated carbocycles. The first-order valence-corrected chi connectivity index (χ1v) is 18.9. The Morgan fingerprint density at radius 3 is 2.32 bits per heavy atom. The van der Waals surface area contributed by atoms with Gasteiger partial charge in [-0.05, 0) is 98.9 Å². The minimum Gasteiger partial charge on any atom is -0.348 e. The standard InChI is InChI=1S/C42H48FN7O3/c1-4-5-7-29-12-19-38(44-22-29)40(51)47-34-15-17-35(18-16-34)50-41(52)37-21-33(43)23-45-39(37)49(42(50)53)36-9-6-8-32(20-36)31-13-10-30(11-14-31)26-48-24-27(2)46-28(3)25-48/h6,8-14,19-23,27-28,34-35,46H,4-5,7,15-18,24-26H2,1-3H3,(H,47,51)/t27-,28+,34?,35?. The van der Waals surface area contributed by atoms with Crippen LogP contribution in [-0.2, 0) is 13.0 Å². The molecule has 0 bridgehead atoms. The number of aromatic nitrogens is 4. The molecule has 5 aromatic rings. The van der Waals surface area contributed by atoms with E-state index >= 15 is 0 Å². The van der Waals surface area contributed by atoms with Gasteiger partial charge < -0.3 is 10.6 Å². The van der Waals surface area contributed by atoms with Crippen molar-refractivity contribution < 1.29 is 9.18 Å². The third-order valence-electron chi connectivity index (χ3n) is 10.6. The molecule has 0 radical (unpaired) electrons. The number of fused-ring (bicyclic) bond motifs is 1. The molecule has 0 unspecified atom stereocenters. The number of halogens is 1. The Bertz CT molecular complexity index is 2180. The van der Waals surface area contributed by atoms with Crippen molar-refractivity contribution in [3.63, 3.8) is 0 Å². The summed E-state index contributed by atoms with van der Waals surface area (Å²) in [7, 11) is 0. The predicted molar refractivity (Wildman–Crippen MR) is 206 cm³/mol. The summed E-state index contributed by atoms with van der Waals surface area (Å²) in [5.41, 5.74) is 4.16. The van der Waals surface area contributed by atoms with Crippen LogP contribution in [0.5, 0.6) is 0 Å².